The first kappa shape index (κ1) is 17.3. The van der Waals surface area contributed by atoms with E-state index in [9.17, 15) is 4.79 Å². The van der Waals surface area contributed by atoms with Crippen LogP contribution in [0.1, 0.15) is 30.1 Å². The first-order chi connectivity index (χ1) is 12.3. The molecule has 0 saturated carbocycles. The zero-order valence-corrected chi connectivity index (χ0v) is 14.6. The Morgan fingerprint density at radius 2 is 1.84 bits per heavy atom. The average molecular weight is 339 g/mol. The molecule has 3 rings (SSSR count). The quantitative estimate of drug-likeness (QED) is 0.878. The summed E-state index contributed by atoms with van der Waals surface area (Å²) in [7, 11) is 0. The second kappa shape index (κ2) is 8.51. The molecule has 1 aromatic heterocycles. The number of carbonyl (C=O) groups excluding carboxylic acids is 1. The van der Waals surface area contributed by atoms with Crippen LogP contribution in [0.5, 0.6) is 5.75 Å². The highest BCUT2D eigenvalue weighted by Crippen LogP contribution is 2.22. The zero-order chi connectivity index (χ0) is 17.5. The van der Waals surface area contributed by atoms with Crippen LogP contribution in [0.25, 0.3) is 0 Å². The zero-order valence-electron chi connectivity index (χ0n) is 14.6. The normalized spacial score (nSPS) is 15.0. The van der Waals surface area contributed by atoms with Crippen molar-refractivity contribution in [2.24, 2.45) is 5.92 Å². The van der Waals surface area contributed by atoms with E-state index >= 15 is 0 Å². The molecule has 5 nitrogen and oxygen atoms in total. The maximum absolute atomic E-state index is 12.3. The van der Waals surface area contributed by atoms with Crippen LogP contribution in [0, 0.1) is 5.92 Å². The minimum absolute atomic E-state index is 0.0142. The highest BCUT2D eigenvalue weighted by Gasteiger charge is 2.20. The van der Waals surface area contributed by atoms with E-state index in [2.05, 4.69) is 15.2 Å². The molecular formula is C20H25N3O2. The molecule has 1 aromatic carbocycles. The molecule has 0 spiro atoms. The summed E-state index contributed by atoms with van der Waals surface area (Å²) in [5.41, 5.74) is 1.91. The van der Waals surface area contributed by atoms with Gasteiger partial charge in [0, 0.05) is 43.3 Å². The van der Waals surface area contributed by atoms with E-state index in [1.165, 1.54) is 5.69 Å². The van der Waals surface area contributed by atoms with Gasteiger partial charge in [-0.2, -0.15) is 0 Å². The minimum Gasteiger partial charge on any atom is -0.494 e. The molecule has 2 aromatic rings. The lowest BCUT2D eigenvalue weighted by molar-refractivity contribution is 0.0945. The van der Waals surface area contributed by atoms with Gasteiger partial charge in [-0.15, -0.1) is 0 Å². The van der Waals surface area contributed by atoms with Gasteiger partial charge in [0.05, 0.1) is 6.61 Å². The van der Waals surface area contributed by atoms with Gasteiger partial charge in [-0.05, 0) is 62.1 Å². The number of pyridine rings is 1. The molecule has 0 bridgehead atoms. The fourth-order valence-electron chi connectivity index (χ4n) is 3.16. The Balaban J connectivity index is 1.44. The van der Waals surface area contributed by atoms with Crippen molar-refractivity contribution >= 4 is 11.6 Å². The topological polar surface area (TPSA) is 54.5 Å². The summed E-state index contributed by atoms with van der Waals surface area (Å²) >= 11 is 0. The van der Waals surface area contributed by atoms with Crippen molar-refractivity contribution in [2.75, 3.05) is 31.1 Å². The van der Waals surface area contributed by atoms with E-state index < -0.39 is 0 Å². The Labute approximate surface area is 149 Å². The number of amides is 1. The number of carbonyl (C=O) groups is 1. The van der Waals surface area contributed by atoms with Crippen molar-refractivity contribution in [3.05, 3.63) is 54.4 Å². The molecule has 0 radical (unpaired) electrons. The molecule has 2 heterocycles. The van der Waals surface area contributed by atoms with Crippen LogP contribution in [-0.2, 0) is 0 Å². The molecular weight excluding hydrogens is 314 g/mol. The van der Waals surface area contributed by atoms with Gasteiger partial charge in [0.1, 0.15) is 5.75 Å². The number of hydrogen-bond acceptors (Lipinski definition) is 4. The average Bonchev–Trinajstić information content (AvgIpc) is 2.68. The van der Waals surface area contributed by atoms with E-state index in [1.807, 2.05) is 55.7 Å². The maximum atomic E-state index is 12.3. The Morgan fingerprint density at radius 1 is 1.16 bits per heavy atom. The maximum Gasteiger partial charge on any atom is 0.251 e. The third-order valence-electron chi connectivity index (χ3n) is 4.62. The molecule has 0 atom stereocenters. The lowest BCUT2D eigenvalue weighted by atomic mass is 9.96. The van der Waals surface area contributed by atoms with Gasteiger partial charge < -0.3 is 15.0 Å². The van der Waals surface area contributed by atoms with Gasteiger partial charge in [-0.3, -0.25) is 9.78 Å². The standard InChI is InChI=1S/C20H25N3O2/c1-2-25-19-5-3-17(4-6-19)20(24)22-15-16-9-13-23(14-10-16)18-7-11-21-12-8-18/h3-8,11-12,16H,2,9-10,13-15H2,1H3,(H,22,24). The lowest BCUT2D eigenvalue weighted by Crippen LogP contribution is -2.38. The van der Waals surface area contributed by atoms with Crippen molar-refractivity contribution in [1.29, 1.82) is 0 Å². The number of ether oxygens (including phenoxy) is 1. The summed E-state index contributed by atoms with van der Waals surface area (Å²) in [5, 5.41) is 3.07. The van der Waals surface area contributed by atoms with Gasteiger partial charge in [-0.1, -0.05) is 0 Å². The first-order valence-corrected chi connectivity index (χ1v) is 8.92. The fraction of sp³-hybridized carbons (Fsp3) is 0.400. The highest BCUT2D eigenvalue weighted by atomic mass is 16.5. The predicted octanol–water partition coefficient (Wildman–Crippen LogP) is 3.13. The third kappa shape index (κ3) is 4.72. The molecule has 1 aliphatic rings. The van der Waals surface area contributed by atoms with Crippen LogP contribution < -0.4 is 15.0 Å². The summed E-state index contributed by atoms with van der Waals surface area (Å²) in [6, 6.07) is 11.4. The van der Waals surface area contributed by atoms with Crippen molar-refractivity contribution in [3.8, 4) is 5.75 Å². The van der Waals surface area contributed by atoms with Crippen LogP contribution in [0.4, 0.5) is 5.69 Å². The Morgan fingerprint density at radius 3 is 2.48 bits per heavy atom. The van der Waals surface area contributed by atoms with Crippen LogP contribution in [0.3, 0.4) is 0 Å². The van der Waals surface area contributed by atoms with E-state index in [1.54, 1.807) is 0 Å². The predicted molar refractivity (Wildman–Crippen MR) is 99.1 cm³/mol. The number of benzene rings is 1. The number of hydrogen-bond donors (Lipinski definition) is 1. The number of piperidine rings is 1. The number of nitrogens with one attached hydrogen (secondary N) is 1. The Bertz CT molecular complexity index is 665. The largest absolute Gasteiger partial charge is 0.494 e. The molecule has 1 saturated heterocycles. The molecule has 0 aliphatic carbocycles. The lowest BCUT2D eigenvalue weighted by Gasteiger charge is -2.33. The minimum atomic E-state index is -0.0142. The van der Waals surface area contributed by atoms with E-state index in [-0.39, 0.29) is 5.91 Å². The summed E-state index contributed by atoms with van der Waals surface area (Å²) < 4.78 is 5.40. The number of aromatic nitrogens is 1. The SMILES string of the molecule is CCOc1ccc(C(=O)NCC2CCN(c3ccncc3)CC2)cc1. The number of anilines is 1. The van der Waals surface area contributed by atoms with Crippen LogP contribution in [0.2, 0.25) is 0 Å². The molecule has 132 valence electrons. The Hall–Kier alpha value is -2.56. The summed E-state index contributed by atoms with van der Waals surface area (Å²) in [4.78, 5) is 18.7. The van der Waals surface area contributed by atoms with Crippen molar-refractivity contribution < 1.29 is 9.53 Å². The summed E-state index contributed by atoms with van der Waals surface area (Å²) in [6.07, 6.45) is 5.84. The molecule has 1 N–H and O–H groups in total. The summed E-state index contributed by atoms with van der Waals surface area (Å²) in [5.74, 6) is 1.31. The van der Waals surface area contributed by atoms with Gasteiger partial charge in [0.25, 0.3) is 5.91 Å². The number of nitrogens with zero attached hydrogens (tertiary/aromatic N) is 2. The van der Waals surface area contributed by atoms with E-state index in [0.29, 0.717) is 18.1 Å². The molecule has 0 unspecified atom stereocenters. The van der Waals surface area contributed by atoms with E-state index in [4.69, 9.17) is 4.74 Å². The van der Waals surface area contributed by atoms with E-state index in [0.717, 1.165) is 38.2 Å². The number of rotatable bonds is 6. The van der Waals surface area contributed by atoms with Crippen LogP contribution in [0.15, 0.2) is 48.8 Å². The molecule has 1 fully saturated rings. The van der Waals surface area contributed by atoms with Crippen LogP contribution in [-0.4, -0.2) is 37.1 Å². The third-order valence-corrected chi connectivity index (χ3v) is 4.62. The van der Waals surface area contributed by atoms with Crippen molar-refractivity contribution in [2.45, 2.75) is 19.8 Å². The van der Waals surface area contributed by atoms with Crippen molar-refractivity contribution in [3.63, 3.8) is 0 Å². The van der Waals surface area contributed by atoms with Crippen molar-refractivity contribution in [1.82, 2.24) is 10.3 Å². The summed E-state index contributed by atoms with van der Waals surface area (Å²) in [6.45, 7) is 5.35. The molecule has 1 amide bonds. The highest BCUT2D eigenvalue weighted by molar-refractivity contribution is 5.94. The Kier molecular flexibility index (Phi) is 5.88. The smallest absolute Gasteiger partial charge is 0.251 e. The van der Waals surface area contributed by atoms with Gasteiger partial charge >= 0.3 is 0 Å². The van der Waals surface area contributed by atoms with Gasteiger partial charge in [0.2, 0.25) is 0 Å². The second-order valence-corrected chi connectivity index (χ2v) is 6.30. The van der Waals surface area contributed by atoms with Gasteiger partial charge in [-0.25, -0.2) is 0 Å². The van der Waals surface area contributed by atoms with Gasteiger partial charge in [0.15, 0.2) is 0 Å². The monoisotopic (exact) mass is 339 g/mol. The molecule has 1 aliphatic heterocycles. The fourth-order valence-corrected chi connectivity index (χ4v) is 3.16. The van der Waals surface area contributed by atoms with Crippen LogP contribution >= 0.6 is 0 Å². The second-order valence-electron chi connectivity index (χ2n) is 6.30. The first-order valence-electron chi connectivity index (χ1n) is 8.92. The molecule has 5 heteroatoms. The molecule has 25 heavy (non-hydrogen) atoms.